The van der Waals surface area contributed by atoms with Crippen molar-refractivity contribution in [2.75, 3.05) is 4.90 Å². The minimum Gasteiger partial charge on any atom is -0.456 e. The molecule has 0 bridgehead atoms. The molecule has 0 atom stereocenters. The maximum absolute atomic E-state index is 6.21. The summed E-state index contributed by atoms with van der Waals surface area (Å²) >= 11 is 0. The van der Waals surface area contributed by atoms with Gasteiger partial charge in [-0.15, -0.1) is 0 Å². The van der Waals surface area contributed by atoms with E-state index in [9.17, 15) is 0 Å². The first-order valence-corrected chi connectivity index (χ1v) is 12.1. The molecule has 0 saturated heterocycles. The second kappa shape index (κ2) is 7.67. The minimum absolute atomic E-state index is 0.783. The molecule has 37 heavy (non-hydrogen) atoms. The molecule has 0 aliphatic rings. The first-order chi connectivity index (χ1) is 18.3. The third-order valence-electron chi connectivity index (χ3n) is 7.04. The third-order valence-corrected chi connectivity index (χ3v) is 7.04. The van der Waals surface area contributed by atoms with Gasteiger partial charge in [-0.25, -0.2) is 0 Å². The molecule has 5 nitrogen and oxygen atoms in total. The predicted octanol–water partition coefficient (Wildman–Crippen LogP) is 8.90. The first kappa shape index (κ1) is 20.1. The summed E-state index contributed by atoms with van der Waals surface area (Å²) in [5, 5.41) is 6.50. The molecule has 0 spiro atoms. The number of furan rings is 2. The predicted molar refractivity (Wildman–Crippen MR) is 149 cm³/mol. The van der Waals surface area contributed by atoms with Crippen LogP contribution in [0.5, 0.6) is 0 Å². The van der Waals surface area contributed by atoms with Crippen LogP contribution in [-0.2, 0) is 0 Å². The number of hydrogen-bond acceptors (Lipinski definition) is 5. The summed E-state index contributed by atoms with van der Waals surface area (Å²) in [5.41, 5.74) is 6.38. The van der Waals surface area contributed by atoms with E-state index in [0.717, 1.165) is 66.3 Å². The summed E-state index contributed by atoms with van der Waals surface area (Å²) in [4.78, 5) is 10.8. The zero-order valence-corrected chi connectivity index (χ0v) is 19.6. The summed E-state index contributed by atoms with van der Waals surface area (Å²) in [6.07, 6.45) is 7.18. The van der Waals surface area contributed by atoms with Gasteiger partial charge in [0.2, 0.25) is 0 Å². The highest BCUT2D eigenvalue weighted by Crippen LogP contribution is 2.42. The molecule has 5 heteroatoms. The third kappa shape index (κ3) is 3.04. The topological polar surface area (TPSA) is 55.3 Å². The molecule has 0 unspecified atom stereocenters. The fraction of sp³-hybridized carbons (Fsp3) is 0. The van der Waals surface area contributed by atoms with Gasteiger partial charge in [-0.3, -0.25) is 9.97 Å². The lowest BCUT2D eigenvalue weighted by Crippen LogP contribution is -2.10. The van der Waals surface area contributed by atoms with Crippen molar-refractivity contribution in [2.45, 2.75) is 0 Å². The summed E-state index contributed by atoms with van der Waals surface area (Å²) in [7, 11) is 0. The van der Waals surface area contributed by atoms with Crippen molar-refractivity contribution in [3.63, 3.8) is 0 Å². The molecule has 0 aliphatic carbocycles. The van der Waals surface area contributed by atoms with Gasteiger partial charge in [-0.05, 0) is 53.9 Å². The Labute approximate surface area is 211 Å². The Balaban J connectivity index is 1.42. The van der Waals surface area contributed by atoms with E-state index in [2.05, 4.69) is 87.7 Å². The summed E-state index contributed by atoms with van der Waals surface area (Å²) in [6.45, 7) is 0. The number of fused-ring (bicyclic) bond motifs is 7. The SMILES string of the molecule is c1ccc2c(N(c3ccc4c(c3)oc3cnccc34)c3ccc4oc5ccncc5c4c3)cccc2c1. The monoisotopic (exact) mass is 477 g/mol. The molecule has 4 aromatic heterocycles. The number of benzene rings is 4. The molecule has 0 aliphatic heterocycles. The Morgan fingerprint density at radius 3 is 2.24 bits per heavy atom. The Morgan fingerprint density at radius 2 is 1.24 bits per heavy atom. The van der Waals surface area contributed by atoms with Crippen molar-refractivity contribution in [1.29, 1.82) is 0 Å². The van der Waals surface area contributed by atoms with Crippen LogP contribution < -0.4 is 4.90 Å². The highest BCUT2D eigenvalue weighted by atomic mass is 16.3. The molecule has 0 radical (unpaired) electrons. The minimum atomic E-state index is 0.783. The van der Waals surface area contributed by atoms with Crippen LogP contribution in [0.25, 0.3) is 54.6 Å². The fourth-order valence-electron chi connectivity index (χ4n) is 5.34. The van der Waals surface area contributed by atoms with E-state index in [1.807, 2.05) is 24.4 Å². The summed E-state index contributed by atoms with van der Waals surface area (Å²) in [5.74, 6) is 0. The van der Waals surface area contributed by atoms with Crippen LogP contribution in [0, 0.1) is 0 Å². The van der Waals surface area contributed by atoms with Crippen molar-refractivity contribution in [3.8, 4) is 0 Å². The van der Waals surface area contributed by atoms with Gasteiger partial charge in [-0.1, -0.05) is 36.4 Å². The van der Waals surface area contributed by atoms with Crippen molar-refractivity contribution < 1.29 is 8.83 Å². The number of hydrogen-bond donors (Lipinski definition) is 0. The van der Waals surface area contributed by atoms with Gasteiger partial charge >= 0.3 is 0 Å². The van der Waals surface area contributed by atoms with Gasteiger partial charge < -0.3 is 13.7 Å². The van der Waals surface area contributed by atoms with Crippen LogP contribution >= 0.6 is 0 Å². The second-order valence-electron chi connectivity index (χ2n) is 9.14. The number of nitrogens with zero attached hydrogens (tertiary/aromatic N) is 3. The van der Waals surface area contributed by atoms with Crippen molar-refractivity contribution in [1.82, 2.24) is 9.97 Å². The number of anilines is 3. The summed E-state index contributed by atoms with van der Waals surface area (Å²) < 4.78 is 12.3. The van der Waals surface area contributed by atoms with E-state index in [0.29, 0.717) is 0 Å². The van der Waals surface area contributed by atoms with Crippen molar-refractivity contribution in [2.24, 2.45) is 0 Å². The lowest BCUT2D eigenvalue weighted by molar-refractivity contribution is 0.666. The molecule has 4 aromatic carbocycles. The lowest BCUT2D eigenvalue weighted by Gasteiger charge is -2.27. The van der Waals surface area contributed by atoms with Gasteiger partial charge in [-0.2, -0.15) is 0 Å². The smallest absolute Gasteiger partial charge is 0.153 e. The summed E-state index contributed by atoms with van der Waals surface area (Å²) in [6, 6.07) is 31.5. The van der Waals surface area contributed by atoms with Gasteiger partial charge in [0, 0.05) is 63.0 Å². The number of aromatic nitrogens is 2. The van der Waals surface area contributed by atoms with E-state index >= 15 is 0 Å². The molecular formula is C32H19N3O2. The molecule has 0 N–H and O–H groups in total. The lowest BCUT2D eigenvalue weighted by atomic mass is 10.1. The zero-order chi connectivity index (χ0) is 24.3. The van der Waals surface area contributed by atoms with Gasteiger partial charge in [0.15, 0.2) is 5.58 Å². The molecule has 4 heterocycles. The zero-order valence-electron chi connectivity index (χ0n) is 19.6. The quantitative estimate of drug-likeness (QED) is 0.254. The Hall–Kier alpha value is -5.16. The molecule has 0 amide bonds. The maximum Gasteiger partial charge on any atom is 0.153 e. The molecule has 174 valence electrons. The van der Waals surface area contributed by atoms with Gasteiger partial charge in [0.25, 0.3) is 0 Å². The van der Waals surface area contributed by atoms with Crippen LogP contribution in [0.15, 0.2) is 125 Å². The second-order valence-corrected chi connectivity index (χ2v) is 9.14. The average molecular weight is 478 g/mol. The van der Waals surface area contributed by atoms with Crippen LogP contribution in [0.4, 0.5) is 17.1 Å². The van der Waals surface area contributed by atoms with Gasteiger partial charge in [0.1, 0.15) is 16.7 Å². The molecular weight excluding hydrogens is 458 g/mol. The molecule has 0 saturated carbocycles. The number of rotatable bonds is 3. The largest absolute Gasteiger partial charge is 0.456 e. The Bertz CT molecular complexity index is 2120. The van der Waals surface area contributed by atoms with Crippen molar-refractivity contribution in [3.05, 3.63) is 116 Å². The molecule has 8 aromatic rings. The standard InChI is InChI=1S/C32H19N3O2/c1-2-6-23-20(4-1)5-3-7-28(23)35(21-9-11-29-26(16-21)27-18-33-15-13-30(27)36-29)22-8-10-24-25-12-14-34-19-32(25)37-31(24)17-22/h1-19H. The fourth-order valence-corrected chi connectivity index (χ4v) is 5.34. The van der Waals surface area contributed by atoms with Crippen LogP contribution in [-0.4, -0.2) is 9.97 Å². The van der Waals surface area contributed by atoms with E-state index in [4.69, 9.17) is 8.83 Å². The Morgan fingerprint density at radius 1 is 0.486 bits per heavy atom. The Kier molecular flexibility index (Phi) is 4.16. The van der Waals surface area contributed by atoms with Crippen LogP contribution in [0.3, 0.4) is 0 Å². The van der Waals surface area contributed by atoms with E-state index in [1.54, 1.807) is 18.6 Å². The average Bonchev–Trinajstić information content (AvgIpc) is 3.51. The van der Waals surface area contributed by atoms with E-state index in [1.165, 1.54) is 5.39 Å². The maximum atomic E-state index is 6.21. The molecule has 8 rings (SSSR count). The normalized spacial score (nSPS) is 11.8. The van der Waals surface area contributed by atoms with E-state index in [-0.39, 0.29) is 0 Å². The highest BCUT2D eigenvalue weighted by molar-refractivity contribution is 6.09. The first-order valence-electron chi connectivity index (χ1n) is 12.1. The van der Waals surface area contributed by atoms with Crippen LogP contribution in [0.1, 0.15) is 0 Å². The van der Waals surface area contributed by atoms with Gasteiger partial charge in [0.05, 0.1) is 11.9 Å². The van der Waals surface area contributed by atoms with Crippen LogP contribution in [0.2, 0.25) is 0 Å². The number of pyridine rings is 2. The highest BCUT2D eigenvalue weighted by Gasteiger charge is 2.19. The molecule has 0 fully saturated rings. The van der Waals surface area contributed by atoms with Crippen molar-refractivity contribution >= 4 is 71.7 Å². The van der Waals surface area contributed by atoms with E-state index < -0.39 is 0 Å².